The van der Waals surface area contributed by atoms with Gasteiger partial charge in [-0.05, 0) is 25.4 Å². The van der Waals surface area contributed by atoms with Gasteiger partial charge in [0.15, 0.2) is 0 Å². The summed E-state index contributed by atoms with van der Waals surface area (Å²) in [5.41, 5.74) is 0. The van der Waals surface area contributed by atoms with Crippen LogP contribution in [0.1, 0.15) is 6.42 Å². The minimum atomic E-state index is 0.337. The van der Waals surface area contributed by atoms with E-state index in [1.165, 1.54) is 6.42 Å². The summed E-state index contributed by atoms with van der Waals surface area (Å²) >= 11 is 1.76. The standard InChI is InChI=1S/C9H16N2OS/c12-9-7-13-4-3-11(9)2-1-8-5-10-6-8/h8,10H,1-7H2. The molecule has 4 heteroatoms. The summed E-state index contributed by atoms with van der Waals surface area (Å²) in [7, 11) is 0. The van der Waals surface area contributed by atoms with Gasteiger partial charge in [-0.3, -0.25) is 4.79 Å². The average molecular weight is 200 g/mol. The number of hydrogen-bond donors (Lipinski definition) is 1. The highest BCUT2D eigenvalue weighted by Gasteiger charge is 2.21. The molecule has 0 unspecified atom stereocenters. The van der Waals surface area contributed by atoms with Crippen molar-refractivity contribution in [3.05, 3.63) is 0 Å². The predicted molar refractivity (Wildman–Crippen MR) is 54.9 cm³/mol. The second-order valence-electron chi connectivity index (χ2n) is 3.75. The Morgan fingerprint density at radius 3 is 3.00 bits per heavy atom. The third-order valence-corrected chi connectivity index (χ3v) is 3.68. The number of rotatable bonds is 3. The number of nitrogens with zero attached hydrogens (tertiary/aromatic N) is 1. The first-order chi connectivity index (χ1) is 6.36. The van der Waals surface area contributed by atoms with Crippen LogP contribution in [-0.4, -0.2) is 48.5 Å². The highest BCUT2D eigenvalue weighted by molar-refractivity contribution is 8.00. The van der Waals surface area contributed by atoms with Crippen LogP contribution in [-0.2, 0) is 4.79 Å². The van der Waals surface area contributed by atoms with E-state index in [0.717, 1.165) is 37.8 Å². The van der Waals surface area contributed by atoms with E-state index in [4.69, 9.17) is 0 Å². The quantitative estimate of drug-likeness (QED) is 0.705. The van der Waals surface area contributed by atoms with Crippen molar-refractivity contribution in [1.82, 2.24) is 10.2 Å². The van der Waals surface area contributed by atoms with Gasteiger partial charge in [-0.25, -0.2) is 0 Å². The Morgan fingerprint density at radius 1 is 1.54 bits per heavy atom. The van der Waals surface area contributed by atoms with E-state index in [1.807, 2.05) is 4.90 Å². The first-order valence-corrected chi connectivity index (χ1v) is 6.08. The summed E-state index contributed by atoms with van der Waals surface area (Å²) in [6.45, 7) is 4.24. The molecule has 2 aliphatic heterocycles. The lowest BCUT2D eigenvalue weighted by atomic mass is 9.99. The second-order valence-corrected chi connectivity index (χ2v) is 4.85. The highest BCUT2D eigenvalue weighted by atomic mass is 32.2. The molecule has 0 bridgehead atoms. The molecule has 0 atom stereocenters. The SMILES string of the molecule is O=C1CSCCN1CCC1CNC1. The molecule has 0 aromatic heterocycles. The molecule has 3 nitrogen and oxygen atoms in total. The van der Waals surface area contributed by atoms with E-state index < -0.39 is 0 Å². The molecule has 0 spiro atoms. The van der Waals surface area contributed by atoms with Crippen molar-refractivity contribution >= 4 is 17.7 Å². The Balaban J connectivity index is 1.69. The van der Waals surface area contributed by atoms with Crippen LogP contribution in [0.3, 0.4) is 0 Å². The molecule has 0 aromatic rings. The Morgan fingerprint density at radius 2 is 2.38 bits per heavy atom. The molecular formula is C9H16N2OS. The molecule has 0 radical (unpaired) electrons. The number of thioether (sulfide) groups is 1. The van der Waals surface area contributed by atoms with Gasteiger partial charge in [0.25, 0.3) is 0 Å². The molecule has 2 aliphatic rings. The Kier molecular flexibility index (Phi) is 3.11. The fourth-order valence-electron chi connectivity index (χ4n) is 1.68. The maximum Gasteiger partial charge on any atom is 0.232 e. The molecule has 2 fully saturated rings. The van der Waals surface area contributed by atoms with Gasteiger partial charge in [0, 0.05) is 18.8 Å². The fourth-order valence-corrected chi connectivity index (χ4v) is 2.53. The second kappa shape index (κ2) is 4.33. The minimum Gasteiger partial charge on any atom is -0.341 e. The van der Waals surface area contributed by atoms with E-state index in [0.29, 0.717) is 11.7 Å². The number of hydrogen-bond acceptors (Lipinski definition) is 3. The smallest absolute Gasteiger partial charge is 0.232 e. The van der Waals surface area contributed by atoms with Crippen molar-refractivity contribution in [2.45, 2.75) is 6.42 Å². The number of carbonyl (C=O) groups excluding carboxylic acids is 1. The van der Waals surface area contributed by atoms with Crippen LogP contribution in [0.25, 0.3) is 0 Å². The monoisotopic (exact) mass is 200 g/mol. The molecule has 0 aromatic carbocycles. The zero-order valence-electron chi connectivity index (χ0n) is 7.79. The Labute approximate surface area is 83.2 Å². The lowest BCUT2D eigenvalue weighted by molar-refractivity contribution is -0.128. The van der Waals surface area contributed by atoms with E-state index in [1.54, 1.807) is 11.8 Å². The molecule has 2 rings (SSSR count). The summed E-state index contributed by atoms with van der Waals surface area (Å²) in [5, 5.41) is 3.25. The molecule has 2 saturated heterocycles. The van der Waals surface area contributed by atoms with E-state index >= 15 is 0 Å². The van der Waals surface area contributed by atoms with Crippen LogP contribution in [0.4, 0.5) is 0 Å². The molecule has 74 valence electrons. The van der Waals surface area contributed by atoms with E-state index in [-0.39, 0.29) is 0 Å². The molecular weight excluding hydrogens is 184 g/mol. The predicted octanol–water partition coefficient (Wildman–Crippen LogP) is 0.171. The number of nitrogens with one attached hydrogen (secondary N) is 1. The third kappa shape index (κ3) is 2.38. The lowest BCUT2D eigenvalue weighted by Gasteiger charge is -2.31. The first-order valence-electron chi connectivity index (χ1n) is 4.92. The zero-order chi connectivity index (χ0) is 9.10. The van der Waals surface area contributed by atoms with Gasteiger partial charge in [0.05, 0.1) is 5.75 Å². The molecule has 1 amide bonds. The fraction of sp³-hybridized carbons (Fsp3) is 0.889. The van der Waals surface area contributed by atoms with E-state index in [9.17, 15) is 4.79 Å². The zero-order valence-corrected chi connectivity index (χ0v) is 8.61. The van der Waals surface area contributed by atoms with Gasteiger partial charge in [-0.15, -0.1) is 0 Å². The maximum atomic E-state index is 11.4. The van der Waals surface area contributed by atoms with Crippen molar-refractivity contribution in [3.8, 4) is 0 Å². The van der Waals surface area contributed by atoms with Crippen LogP contribution >= 0.6 is 11.8 Å². The minimum absolute atomic E-state index is 0.337. The van der Waals surface area contributed by atoms with Crippen LogP contribution in [0.15, 0.2) is 0 Å². The van der Waals surface area contributed by atoms with Crippen molar-refractivity contribution < 1.29 is 4.79 Å². The normalized spacial score (nSPS) is 24.6. The van der Waals surface area contributed by atoms with Gasteiger partial charge in [-0.1, -0.05) is 0 Å². The maximum absolute atomic E-state index is 11.4. The van der Waals surface area contributed by atoms with Crippen LogP contribution in [0.5, 0.6) is 0 Å². The van der Waals surface area contributed by atoms with E-state index in [2.05, 4.69) is 5.32 Å². The number of amides is 1. The topological polar surface area (TPSA) is 32.3 Å². The summed E-state index contributed by atoms with van der Waals surface area (Å²) < 4.78 is 0. The van der Waals surface area contributed by atoms with Crippen molar-refractivity contribution in [2.75, 3.05) is 37.7 Å². The summed E-state index contributed by atoms with van der Waals surface area (Å²) in [6.07, 6.45) is 1.18. The van der Waals surface area contributed by atoms with Crippen molar-refractivity contribution in [3.63, 3.8) is 0 Å². The van der Waals surface area contributed by atoms with Crippen LogP contribution in [0.2, 0.25) is 0 Å². The van der Waals surface area contributed by atoms with Gasteiger partial charge < -0.3 is 10.2 Å². The highest BCUT2D eigenvalue weighted by Crippen LogP contribution is 2.14. The lowest BCUT2D eigenvalue weighted by Crippen LogP contribution is -2.45. The summed E-state index contributed by atoms with van der Waals surface area (Å²) in [6, 6.07) is 0. The van der Waals surface area contributed by atoms with Crippen molar-refractivity contribution in [1.29, 1.82) is 0 Å². The molecule has 1 N–H and O–H groups in total. The average Bonchev–Trinajstić information content (AvgIpc) is 2.05. The third-order valence-electron chi connectivity index (χ3n) is 2.76. The molecule has 2 heterocycles. The summed E-state index contributed by atoms with van der Waals surface area (Å²) in [5.74, 6) is 2.98. The molecule has 0 aliphatic carbocycles. The van der Waals surface area contributed by atoms with Gasteiger partial charge >= 0.3 is 0 Å². The number of carbonyl (C=O) groups is 1. The Hall–Kier alpha value is -0.220. The largest absolute Gasteiger partial charge is 0.341 e. The van der Waals surface area contributed by atoms with Gasteiger partial charge in [0.1, 0.15) is 0 Å². The Bertz CT molecular complexity index is 194. The van der Waals surface area contributed by atoms with Crippen LogP contribution < -0.4 is 5.32 Å². The first kappa shape index (κ1) is 9.34. The van der Waals surface area contributed by atoms with Crippen molar-refractivity contribution in [2.24, 2.45) is 5.92 Å². The summed E-state index contributed by atoms with van der Waals surface area (Å²) in [4.78, 5) is 13.4. The van der Waals surface area contributed by atoms with Gasteiger partial charge in [0.2, 0.25) is 5.91 Å². The molecule has 13 heavy (non-hydrogen) atoms. The van der Waals surface area contributed by atoms with Crippen LogP contribution in [0, 0.1) is 5.92 Å². The molecule has 0 saturated carbocycles. The van der Waals surface area contributed by atoms with Gasteiger partial charge in [-0.2, -0.15) is 11.8 Å².